The Labute approximate surface area is 168 Å². The van der Waals surface area contributed by atoms with E-state index in [0.717, 1.165) is 5.56 Å². The lowest BCUT2D eigenvalue weighted by atomic mass is 10.0. The maximum Gasteiger partial charge on any atom is 0.251 e. The van der Waals surface area contributed by atoms with Crippen LogP contribution in [0.5, 0.6) is 11.5 Å². The number of amides is 2. The first-order chi connectivity index (χ1) is 14.2. The summed E-state index contributed by atoms with van der Waals surface area (Å²) in [7, 11) is 0. The van der Waals surface area contributed by atoms with E-state index in [9.17, 15) is 9.59 Å². The molecule has 0 bridgehead atoms. The summed E-state index contributed by atoms with van der Waals surface area (Å²) in [6.45, 7) is 0.175. The number of hydrogen-bond donors (Lipinski definition) is 2. The lowest BCUT2D eigenvalue weighted by molar-refractivity contribution is -0.116. The molecule has 0 saturated carbocycles. The van der Waals surface area contributed by atoms with Gasteiger partial charge >= 0.3 is 0 Å². The van der Waals surface area contributed by atoms with Gasteiger partial charge in [-0.15, -0.1) is 0 Å². The highest BCUT2D eigenvalue weighted by Gasteiger charge is 2.20. The Kier molecular flexibility index (Phi) is 5.42. The summed E-state index contributed by atoms with van der Waals surface area (Å²) >= 11 is 0. The van der Waals surface area contributed by atoms with Gasteiger partial charge in [-0.3, -0.25) is 9.59 Å². The Morgan fingerprint density at radius 3 is 2.31 bits per heavy atom. The third-order valence-corrected chi connectivity index (χ3v) is 4.59. The zero-order valence-corrected chi connectivity index (χ0v) is 15.6. The molecule has 1 aliphatic heterocycles. The van der Waals surface area contributed by atoms with E-state index in [1.807, 2.05) is 36.4 Å². The second-order valence-corrected chi connectivity index (χ2v) is 6.62. The average molecular weight is 388 g/mol. The van der Waals surface area contributed by atoms with Crippen LogP contribution in [0.15, 0.2) is 78.9 Å². The molecule has 2 N–H and O–H groups in total. The fourth-order valence-corrected chi connectivity index (χ4v) is 3.14. The van der Waals surface area contributed by atoms with Crippen molar-refractivity contribution in [3.63, 3.8) is 0 Å². The molecule has 29 heavy (non-hydrogen) atoms. The van der Waals surface area contributed by atoms with Crippen LogP contribution in [0.1, 0.15) is 28.4 Å². The Morgan fingerprint density at radius 1 is 0.862 bits per heavy atom. The maximum atomic E-state index is 12.7. The number of ether oxygens (including phenoxy) is 2. The minimum Gasteiger partial charge on any atom is -0.454 e. The molecule has 6 heteroatoms. The van der Waals surface area contributed by atoms with Crippen LogP contribution in [0.4, 0.5) is 5.69 Å². The van der Waals surface area contributed by atoms with Gasteiger partial charge < -0.3 is 20.1 Å². The summed E-state index contributed by atoms with van der Waals surface area (Å²) in [6.07, 6.45) is 0.0943. The van der Waals surface area contributed by atoms with Crippen LogP contribution >= 0.6 is 0 Å². The molecular weight excluding hydrogens is 368 g/mol. The second-order valence-electron chi connectivity index (χ2n) is 6.62. The number of fused-ring (bicyclic) bond motifs is 1. The summed E-state index contributed by atoms with van der Waals surface area (Å²) in [5.74, 6) is 0.807. The molecule has 1 heterocycles. The second kappa shape index (κ2) is 8.48. The standard InChI is InChI=1S/C23H20N2O4/c26-22(24-18-11-12-20-21(13-18)29-15-28-20)14-19(16-7-3-1-4-8-16)25-23(27)17-9-5-2-6-10-17/h1-13,19H,14-15H2,(H,24,26)(H,25,27)/t19-/m0/s1. The van der Waals surface area contributed by atoms with E-state index >= 15 is 0 Å². The maximum absolute atomic E-state index is 12.7. The van der Waals surface area contributed by atoms with Crippen molar-refractivity contribution in [2.24, 2.45) is 0 Å². The number of hydrogen-bond acceptors (Lipinski definition) is 4. The zero-order chi connectivity index (χ0) is 20.1. The van der Waals surface area contributed by atoms with E-state index in [1.54, 1.807) is 42.5 Å². The van der Waals surface area contributed by atoms with Crippen LogP contribution in [0.3, 0.4) is 0 Å². The van der Waals surface area contributed by atoms with Gasteiger partial charge in [0.15, 0.2) is 11.5 Å². The zero-order valence-electron chi connectivity index (χ0n) is 15.6. The molecule has 3 aromatic carbocycles. The fourth-order valence-electron chi connectivity index (χ4n) is 3.14. The van der Waals surface area contributed by atoms with Crippen LogP contribution < -0.4 is 20.1 Å². The average Bonchev–Trinajstić information content (AvgIpc) is 3.22. The van der Waals surface area contributed by atoms with Gasteiger partial charge in [-0.1, -0.05) is 48.5 Å². The van der Waals surface area contributed by atoms with Crippen LogP contribution in [-0.4, -0.2) is 18.6 Å². The Balaban J connectivity index is 1.47. The molecule has 0 radical (unpaired) electrons. The number of carbonyl (C=O) groups is 2. The predicted octanol–water partition coefficient (Wildman–Crippen LogP) is 3.92. The van der Waals surface area contributed by atoms with E-state index in [0.29, 0.717) is 22.7 Å². The van der Waals surface area contributed by atoms with Gasteiger partial charge in [0.25, 0.3) is 5.91 Å². The first-order valence-electron chi connectivity index (χ1n) is 9.29. The summed E-state index contributed by atoms with van der Waals surface area (Å²) in [5, 5.41) is 5.82. The van der Waals surface area contributed by atoms with Crippen LogP contribution in [-0.2, 0) is 4.79 Å². The molecule has 0 fully saturated rings. The van der Waals surface area contributed by atoms with Crippen molar-refractivity contribution in [2.45, 2.75) is 12.5 Å². The Bertz CT molecular complexity index is 1010. The van der Waals surface area contributed by atoms with E-state index in [4.69, 9.17) is 9.47 Å². The molecule has 4 rings (SSSR count). The van der Waals surface area contributed by atoms with Crippen molar-refractivity contribution >= 4 is 17.5 Å². The van der Waals surface area contributed by atoms with E-state index in [-0.39, 0.29) is 25.0 Å². The van der Waals surface area contributed by atoms with Gasteiger partial charge in [-0.05, 0) is 29.8 Å². The molecule has 3 aromatic rings. The van der Waals surface area contributed by atoms with Gasteiger partial charge in [-0.2, -0.15) is 0 Å². The van der Waals surface area contributed by atoms with E-state index in [1.165, 1.54) is 0 Å². The van der Waals surface area contributed by atoms with Gasteiger partial charge in [0.1, 0.15) is 0 Å². The first kappa shape index (κ1) is 18.6. The van der Waals surface area contributed by atoms with Gasteiger partial charge in [-0.25, -0.2) is 0 Å². The van der Waals surface area contributed by atoms with Crippen molar-refractivity contribution < 1.29 is 19.1 Å². The predicted molar refractivity (Wildman–Crippen MR) is 109 cm³/mol. The highest BCUT2D eigenvalue weighted by molar-refractivity contribution is 5.96. The molecule has 0 saturated heterocycles. The molecular formula is C23H20N2O4. The summed E-state index contributed by atoms with van der Waals surface area (Å²) in [5.41, 5.74) is 2.02. The molecule has 6 nitrogen and oxygen atoms in total. The molecule has 0 aliphatic carbocycles. The largest absolute Gasteiger partial charge is 0.454 e. The van der Waals surface area contributed by atoms with E-state index < -0.39 is 6.04 Å². The molecule has 0 aromatic heterocycles. The summed E-state index contributed by atoms with van der Waals surface area (Å²) < 4.78 is 10.6. The minimum absolute atomic E-state index is 0.0943. The summed E-state index contributed by atoms with van der Waals surface area (Å²) in [6, 6.07) is 23.2. The number of benzene rings is 3. The topological polar surface area (TPSA) is 76.7 Å². The van der Waals surface area contributed by atoms with E-state index in [2.05, 4.69) is 10.6 Å². The number of anilines is 1. The van der Waals surface area contributed by atoms with Crippen molar-refractivity contribution in [1.29, 1.82) is 0 Å². The number of nitrogens with one attached hydrogen (secondary N) is 2. The lowest BCUT2D eigenvalue weighted by Gasteiger charge is -2.19. The molecule has 1 aliphatic rings. The molecule has 146 valence electrons. The van der Waals surface area contributed by atoms with Gasteiger partial charge in [0.2, 0.25) is 12.7 Å². The Morgan fingerprint density at radius 2 is 1.55 bits per heavy atom. The quantitative estimate of drug-likeness (QED) is 0.671. The molecule has 0 spiro atoms. The monoisotopic (exact) mass is 388 g/mol. The molecule has 1 atom stereocenters. The third kappa shape index (κ3) is 4.55. The highest BCUT2D eigenvalue weighted by Crippen LogP contribution is 2.34. The molecule has 0 unspecified atom stereocenters. The smallest absolute Gasteiger partial charge is 0.251 e. The van der Waals surface area contributed by atoms with Crippen LogP contribution in [0.2, 0.25) is 0 Å². The van der Waals surface area contributed by atoms with Crippen LogP contribution in [0, 0.1) is 0 Å². The third-order valence-electron chi connectivity index (χ3n) is 4.59. The van der Waals surface area contributed by atoms with Crippen molar-refractivity contribution in [1.82, 2.24) is 5.32 Å². The van der Waals surface area contributed by atoms with Gasteiger partial charge in [0.05, 0.1) is 12.5 Å². The SMILES string of the molecule is O=C(C[C@H](NC(=O)c1ccccc1)c1ccccc1)Nc1ccc2c(c1)OCO2. The lowest BCUT2D eigenvalue weighted by Crippen LogP contribution is -2.31. The van der Waals surface area contributed by atoms with Crippen molar-refractivity contribution in [3.8, 4) is 11.5 Å². The van der Waals surface area contributed by atoms with Crippen molar-refractivity contribution in [2.75, 3.05) is 12.1 Å². The highest BCUT2D eigenvalue weighted by atomic mass is 16.7. The Hall–Kier alpha value is -3.80. The number of rotatable bonds is 6. The normalized spacial score (nSPS) is 12.8. The number of carbonyl (C=O) groups excluding carboxylic acids is 2. The van der Waals surface area contributed by atoms with Gasteiger partial charge in [0, 0.05) is 17.3 Å². The fraction of sp³-hybridized carbons (Fsp3) is 0.130. The molecule has 2 amide bonds. The minimum atomic E-state index is -0.460. The first-order valence-corrected chi connectivity index (χ1v) is 9.29. The summed E-state index contributed by atoms with van der Waals surface area (Å²) in [4.78, 5) is 25.3. The van der Waals surface area contributed by atoms with Crippen LogP contribution in [0.25, 0.3) is 0 Å². The van der Waals surface area contributed by atoms with Crippen molar-refractivity contribution in [3.05, 3.63) is 90.0 Å².